The number of nitrogens with zero attached hydrogens (tertiary/aromatic N) is 5. The fraction of sp³-hybridized carbons (Fsp3) is 0.200. The maximum Gasteiger partial charge on any atom is 0.138 e. The molecule has 0 fully saturated rings. The highest BCUT2D eigenvalue weighted by Crippen LogP contribution is 2.28. The van der Waals surface area contributed by atoms with Crippen LogP contribution in [0.5, 0.6) is 0 Å². The minimum absolute atomic E-state index is 0.587. The van der Waals surface area contributed by atoms with Crippen LogP contribution in [-0.2, 0) is 6.42 Å². The lowest BCUT2D eigenvalue weighted by Gasteiger charge is -2.12. The van der Waals surface area contributed by atoms with E-state index in [4.69, 9.17) is 11.6 Å². The molecule has 22 heavy (non-hydrogen) atoms. The Morgan fingerprint density at radius 1 is 1.23 bits per heavy atom. The van der Waals surface area contributed by atoms with Gasteiger partial charge in [-0.1, -0.05) is 18.5 Å². The van der Waals surface area contributed by atoms with Gasteiger partial charge in [-0.3, -0.25) is 0 Å². The summed E-state index contributed by atoms with van der Waals surface area (Å²) < 4.78 is 1.65. The number of rotatable bonds is 4. The van der Waals surface area contributed by atoms with E-state index in [9.17, 15) is 0 Å². The Labute approximate surface area is 133 Å². The number of hydrogen-bond acceptors (Lipinski definition) is 5. The number of aryl methyl sites for hydroxylation is 1. The number of nitrogens with one attached hydrogen (secondary N) is 1. The van der Waals surface area contributed by atoms with Crippen molar-refractivity contribution in [3.8, 4) is 5.69 Å². The van der Waals surface area contributed by atoms with Crippen molar-refractivity contribution in [3.05, 3.63) is 53.5 Å². The van der Waals surface area contributed by atoms with E-state index in [2.05, 4.69) is 32.3 Å². The topological polar surface area (TPSA) is 68.5 Å². The third-order valence-corrected chi connectivity index (χ3v) is 3.73. The lowest BCUT2D eigenvalue weighted by atomic mass is 10.2. The fourth-order valence-corrected chi connectivity index (χ4v) is 2.41. The Morgan fingerprint density at radius 3 is 2.77 bits per heavy atom. The van der Waals surface area contributed by atoms with E-state index < -0.39 is 0 Å². The van der Waals surface area contributed by atoms with Gasteiger partial charge in [-0.05, 0) is 31.5 Å². The molecule has 3 aromatic rings. The minimum Gasteiger partial charge on any atom is -0.339 e. The van der Waals surface area contributed by atoms with E-state index in [0.717, 1.165) is 34.9 Å². The van der Waals surface area contributed by atoms with Crippen LogP contribution in [0.2, 0.25) is 5.02 Å². The molecule has 0 aliphatic rings. The first-order valence-corrected chi connectivity index (χ1v) is 7.29. The molecule has 0 saturated heterocycles. The molecule has 1 N–H and O–H groups in total. The van der Waals surface area contributed by atoms with Crippen LogP contribution in [0, 0.1) is 6.92 Å². The molecule has 3 rings (SSSR count). The van der Waals surface area contributed by atoms with Crippen molar-refractivity contribution in [2.45, 2.75) is 20.3 Å². The third kappa shape index (κ3) is 2.78. The largest absolute Gasteiger partial charge is 0.339 e. The summed E-state index contributed by atoms with van der Waals surface area (Å²) in [4.78, 5) is 12.5. The van der Waals surface area contributed by atoms with Crippen LogP contribution >= 0.6 is 11.6 Å². The van der Waals surface area contributed by atoms with E-state index in [1.807, 2.05) is 25.1 Å². The Bertz CT molecular complexity index is 785. The lowest BCUT2D eigenvalue weighted by molar-refractivity contribution is 0.879. The number of benzene rings is 1. The highest BCUT2D eigenvalue weighted by Gasteiger charge is 2.09. The average molecular weight is 315 g/mol. The van der Waals surface area contributed by atoms with E-state index in [1.54, 1.807) is 17.3 Å². The van der Waals surface area contributed by atoms with Gasteiger partial charge in [0.1, 0.15) is 24.8 Å². The van der Waals surface area contributed by atoms with Crippen molar-refractivity contribution in [2.24, 2.45) is 0 Å². The molecule has 2 heterocycles. The Morgan fingerprint density at radius 2 is 2.09 bits per heavy atom. The molecule has 7 heteroatoms. The van der Waals surface area contributed by atoms with Gasteiger partial charge in [0.05, 0.1) is 16.4 Å². The maximum atomic E-state index is 6.35. The van der Waals surface area contributed by atoms with Crippen LogP contribution in [0.3, 0.4) is 0 Å². The monoisotopic (exact) mass is 314 g/mol. The molecule has 6 nitrogen and oxygen atoms in total. The van der Waals surface area contributed by atoms with Crippen molar-refractivity contribution in [3.63, 3.8) is 0 Å². The van der Waals surface area contributed by atoms with Crippen LogP contribution in [0.25, 0.3) is 5.69 Å². The summed E-state index contributed by atoms with van der Waals surface area (Å²) >= 11 is 6.35. The zero-order valence-electron chi connectivity index (χ0n) is 12.3. The summed E-state index contributed by atoms with van der Waals surface area (Å²) in [5, 5.41) is 7.93. The van der Waals surface area contributed by atoms with Crippen LogP contribution < -0.4 is 5.32 Å². The molecule has 112 valence electrons. The Hall–Kier alpha value is -2.47. The van der Waals surface area contributed by atoms with Gasteiger partial charge < -0.3 is 5.32 Å². The molecular weight excluding hydrogens is 300 g/mol. The number of anilines is 2. The van der Waals surface area contributed by atoms with E-state index >= 15 is 0 Å². The van der Waals surface area contributed by atoms with Gasteiger partial charge in [-0.2, -0.15) is 5.10 Å². The lowest BCUT2D eigenvalue weighted by Crippen LogP contribution is -2.02. The number of aromatic nitrogens is 5. The summed E-state index contributed by atoms with van der Waals surface area (Å²) in [6, 6.07) is 5.64. The van der Waals surface area contributed by atoms with E-state index in [1.165, 1.54) is 6.33 Å². The zero-order valence-corrected chi connectivity index (χ0v) is 13.0. The molecule has 0 saturated carbocycles. The van der Waals surface area contributed by atoms with Gasteiger partial charge in [0.2, 0.25) is 0 Å². The van der Waals surface area contributed by atoms with Crippen molar-refractivity contribution < 1.29 is 0 Å². The number of hydrogen-bond donors (Lipinski definition) is 1. The Kier molecular flexibility index (Phi) is 4.02. The normalized spacial score (nSPS) is 10.7. The van der Waals surface area contributed by atoms with Crippen molar-refractivity contribution in [2.75, 3.05) is 5.32 Å². The summed E-state index contributed by atoms with van der Waals surface area (Å²) in [5.41, 5.74) is 3.69. The second kappa shape index (κ2) is 6.11. The second-order valence-corrected chi connectivity index (χ2v) is 5.18. The van der Waals surface area contributed by atoms with E-state index in [0.29, 0.717) is 5.02 Å². The van der Waals surface area contributed by atoms with Gasteiger partial charge in [0, 0.05) is 11.3 Å². The average Bonchev–Trinajstić information content (AvgIpc) is 3.05. The van der Waals surface area contributed by atoms with Crippen LogP contribution in [0.15, 0.2) is 37.2 Å². The molecule has 0 bridgehead atoms. The van der Waals surface area contributed by atoms with Crippen molar-refractivity contribution in [1.82, 2.24) is 24.7 Å². The van der Waals surface area contributed by atoms with Crippen molar-refractivity contribution >= 4 is 23.1 Å². The molecule has 0 aliphatic carbocycles. The number of halogens is 1. The van der Waals surface area contributed by atoms with Gasteiger partial charge in [0.25, 0.3) is 0 Å². The second-order valence-electron chi connectivity index (χ2n) is 4.78. The van der Waals surface area contributed by atoms with Crippen LogP contribution in [0.1, 0.15) is 18.2 Å². The molecule has 0 spiro atoms. The van der Waals surface area contributed by atoms with Gasteiger partial charge in [0.15, 0.2) is 0 Å². The summed E-state index contributed by atoms with van der Waals surface area (Å²) in [5.74, 6) is 0.766. The first-order chi connectivity index (χ1) is 10.7. The van der Waals surface area contributed by atoms with Gasteiger partial charge >= 0.3 is 0 Å². The van der Waals surface area contributed by atoms with Crippen molar-refractivity contribution in [1.29, 1.82) is 0 Å². The summed E-state index contributed by atoms with van der Waals surface area (Å²) in [6.45, 7) is 4.07. The molecule has 0 atom stereocenters. The standard InChI is InChI=1S/C15H15ClN6/c1-3-13-10(2)15(19-8-18-13)21-14-5-4-11(6-12(14)16)22-9-17-7-20-22/h4-9H,3H2,1-2H3,(H,18,19,21). The fourth-order valence-electron chi connectivity index (χ4n) is 2.19. The molecule has 0 radical (unpaired) electrons. The quantitative estimate of drug-likeness (QED) is 0.800. The predicted molar refractivity (Wildman–Crippen MR) is 85.8 cm³/mol. The molecule has 0 amide bonds. The smallest absolute Gasteiger partial charge is 0.138 e. The first kappa shape index (κ1) is 14.5. The van der Waals surface area contributed by atoms with Gasteiger partial charge in [-0.15, -0.1) is 0 Å². The highest BCUT2D eigenvalue weighted by atomic mass is 35.5. The molecule has 2 aromatic heterocycles. The van der Waals surface area contributed by atoms with Crippen LogP contribution in [-0.4, -0.2) is 24.7 Å². The molecule has 0 aliphatic heterocycles. The SMILES string of the molecule is CCc1ncnc(Nc2ccc(-n3cncn3)cc2Cl)c1C. The Balaban J connectivity index is 1.90. The molecular formula is C15H15ClN6. The zero-order chi connectivity index (χ0) is 15.5. The first-order valence-electron chi connectivity index (χ1n) is 6.91. The predicted octanol–water partition coefficient (Wildman–Crippen LogP) is 3.33. The third-order valence-electron chi connectivity index (χ3n) is 3.41. The minimum atomic E-state index is 0.587. The summed E-state index contributed by atoms with van der Waals surface area (Å²) in [6.07, 6.45) is 5.53. The molecule has 1 aromatic carbocycles. The molecule has 0 unspecified atom stereocenters. The highest BCUT2D eigenvalue weighted by molar-refractivity contribution is 6.33. The van der Waals surface area contributed by atoms with E-state index in [-0.39, 0.29) is 0 Å². The summed E-state index contributed by atoms with van der Waals surface area (Å²) in [7, 11) is 0. The maximum absolute atomic E-state index is 6.35. The van der Waals surface area contributed by atoms with Gasteiger partial charge in [-0.25, -0.2) is 19.6 Å². The van der Waals surface area contributed by atoms with Crippen LogP contribution in [0.4, 0.5) is 11.5 Å².